The third kappa shape index (κ3) is 4.27. The van der Waals surface area contributed by atoms with Gasteiger partial charge in [-0.05, 0) is 31.9 Å². The number of hydrogen-bond donors (Lipinski definition) is 0. The highest BCUT2D eigenvalue weighted by Crippen LogP contribution is 2.40. The average molecular weight is 381 g/mol. The van der Waals surface area contributed by atoms with Crippen LogP contribution < -0.4 is 4.74 Å². The van der Waals surface area contributed by atoms with Gasteiger partial charge in [-0.2, -0.15) is 0 Å². The van der Waals surface area contributed by atoms with E-state index in [9.17, 15) is 4.79 Å². The fourth-order valence-corrected chi connectivity index (χ4v) is 3.74. The molecule has 0 saturated heterocycles. The molecule has 6 nitrogen and oxygen atoms in total. The summed E-state index contributed by atoms with van der Waals surface area (Å²) in [4.78, 5) is 13.7. The molecule has 0 unspecified atom stereocenters. The van der Waals surface area contributed by atoms with Crippen LogP contribution in [0.5, 0.6) is 5.75 Å². The van der Waals surface area contributed by atoms with Crippen LogP contribution in [-0.4, -0.2) is 44.9 Å². The van der Waals surface area contributed by atoms with Crippen molar-refractivity contribution in [3.63, 3.8) is 0 Å². The molecular weight excluding hydrogens is 360 g/mol. The molecule has 1 fully saturated rings. The van der Waals surface area contributed by atoms with Crippen LogP contribution in [0, 0.1) is 0 Å². The second kappa shape index (κ2) is 7.66. The Hall–Kier alpha value is -1.73. The summed E-state index contributed by atoms with van der Waals surface area (Å²) in [6.07, 6.45) is 2.20. The highest BCUT2D eigenvalue weighted by molar-refractivity contribution is 8.00. The molecule has 0 radical (unpaired) electrons. The van der Waals surface area contributed by atoms with Crippen molar-refractivity contribution >= 4 is 29.3 Å². The molecule has 1 atom stereocenters. The molecule has 1 aromatic heterocycles. The Bertz CT molecular complexity index is 761. The summed E-state index contributed by atoms with van der Waals surface area (Å²) in [7, 11) is 3.52. The second-order valence-corrected chi connectivity index (χ2v) is 7.93. The summed E-state index contributed by atoms with van der Waals surface area (Å²) in [5, 5.41) is 9.69. The predicted octanol–water partition coefficient (Wildman–Crippen LogP) is 3.41. The zero-order valence-electron chi connectivity index (χ0n) is 14.5. The van der Waals surface area contributed by atoms with Crippen molar-refractivity contribution in [2.45, 2.75) is 42.8 Å². The van der Waals surface area contributed by atoms with E-state index < -0.39 is 0 Å². The lowest BCUT2D eigenvalue weighted by Crippen LogP contribution is -2.29. The van der Waals surface area contributed by atoms with E-state index in [0.29, 0.717) is 23.4 Å². The van der Waals surface area contributed by atoms with Crippen molar-refractivity contribution in [3.05, 3.63) is 35.1 Å². The van der Waals surface area contributed by atoms with Crippen LogP contribution in [0.15, 0.2) is 29.4 Å². The first-order chi connectivity index (χ1) is 12.0. The van der Waals surface area contributed by atoms with Gasteiger partial charge in [-0.1, -0.05) is 35.5 Å². The number of nitrogens with zero attached hydrogens (tertiary/aromatic N) is 4. The molecule has 134 valence electrons. The Morgan fingerprint density at radius 3 is 2.76 bits per heavy atom. The highest BCUT2D eigenvalue weighted by atomic mass is 35.5. The van der Waals surface area contributed by atoms with Crippen molar-refractivity contribution in [2.75, 3.05) is 14.1 Å². The molecule has 3 rings (SSSR count). The molecule has 1 aliphatic rings. The first-order valence-corrected chi connectivity index (χ1v) is 9.42. The quantitative estimate of drug-likeness (QED) is 0.689. The van der Waals surface area contributed by atoms with Crippen molar-refractivity contribution in [2.24, 2.45) is 0 Å². The zero-order valence-corrected chi connectivity index (χ0v) is 16.0. The molecule has 1 saturated carbocycles. The maximum atomic E-state index is 12.1. The SMILES string of the molecule is C[C@H](Sc1nnc(COc2ccccc2Cl)n1C1CC1)C(=O)N(C)C. The number of para-hydroxylation sites is 1. The third-order valence-electron chi connectivity index (χ3n) is 3.91. The Labute approximate surface area is 156 Å². The zero-order chi connectivity index (χ0) is 18.0. The van der Waals surface area contributed by atoms with Crippen LogP contribution in [0.4, 0.5) is 0 Å². The Balaban J connectivity index is 1.74. The molecule has 0 bridgehead atoms. The topological polar surface area (TPSA) is 60.3 Å². The van der Waals surface area contributed by atoms with Gasteiger partial charge in [-0.15, -0.1) is 10.2 Å². The van der Waals surface area contributed by atoms with Gasteiger partial charge in [0.05, 0.1) is 10.3 Å². The fourth-order valence-electron chi connectivity index (χ4n) is 2.46. The van der Waals surface area contributed by atoms with Crippen LogP contribution in [0.25, 0.3) is 0 Å². The van der Waals surface area contributed by atoms with E-state index in [2.05, 4.69) is 14.8 Å². The summed E-state index contributed by atoms with van der Waals surface area (Å²) in [6.45, 7) is 2.18. The summed E-state index contributed by atoms with van der Waals surface area (Å²) < 4.78 is 7.90. The van der Waals surface area contributed by atoms with E-state index in [1.807, 2.05) is 25.1 Å². The fraction of sp³-hybridized carbons (Fsp3) is 0.471. The summed E-state index contributed by atoms with van der Waals surface area (Å²) in [6, 6.07) is 7.75. The van der Waals surface area contributed by atoms with Gasteiger partial charge in [0.1, 0.15) is 12.4 Å². The summed E-state index contributed by atoms with van der Waals surface area (Å²) in [5.74, 6) is 1.44. The first kappa shape index (κ1) is 18.1. The lowest BCUT2D eigenvalue weighted by molar-refractivity contribution is -0.127. The lowest BCUT2D eigenvalue weighted by atomic mass is 10.3. The Morgan fingerprint density at radius 2 is 2.12 bits per heavy atom. The van der Waals surface area contributed by atoms with E-state index >= 15 is 0 Å². The number of benzene rings is 1. The predicted molar refractivity (Wildman–Crippen MR) is 98.1 cm³/mol. The van der Waals surface area contributed by atoms with Gasteiger partial charge in [0.25, 0.3) is 0 Å². The van der Waals surface area contributed by atoms with Crippen LogP contribution in [0.1, 0.15) is 31.6 Å². The molecule has 0 spiro atoms. The van der Waals surface area contributed by atoms with E-state index in [0.717, 1.165) is 23.8 Å². The molecule has 1 heterocycles. The van der Waals surface area contributed by atoms with Gasteiger partial charge >= 0.3 is 0 Å². The molecule has 2 aromatic rings. The molecule has 1 aromatic carbocycles. The Morgan fingerprint density at radius 1 is 1.40 bits per heavy atom. The van der Waals surface area contributed by atoms with Crippen molar-refractivity contribution in [3.8, 4) is 5.75 Å². The highest BCUT2D eigenvalue weighted by Gasteiger charge is 2.31. The molecule has 8 heteroatoms. The number of hydrogen-bond acceptors (Lipinski definition) is 5. The van der Waals surface area contributed by atoms with Crippen LogP contribution in [0.2, 0.25) is 5.02 Å². The van der Waals surface area contributed by atoms with Crippen LogP contribution >= 0.6 is 23.4 Å². The van der Waals surface area contributed by atoms with E-state index in [-0.39, 0.29) is 11.2 Å². The molecular formula is C17H21ClN4O2S. The largest absolute Gasteiger partial charge is 0.484 e. The molecule has 1 amide bonds. The van der Waals surface area contributed by atoms with Crippen molar-refractivity contribution < 1.29 is 9.53 Å². The van der Waals surface area contributed by atoms with Gasteiger partial charge in [0.15, 0.2) is 11.0 Å². The number of carbonyl (C=O) groups is 1. The minimum atomic E-state index is -0.214. The smallest absolute Gasteiger partial charge is 0.235 e. The minimum absolute atomic E-state index is 0.0595. The number of aromatic nitrogens is 3. The van der Waals surface area contributed by atoms with Gasteiger partial charge in [-0.3, -0.25) is 9.36 Å². The van der Waals surface area contributed by atoms with Crippen LogP contribution in [-0.2, 0) is 11.4 Å². The van der Waals surface area contributed by atoms with Gasteiger partial charge in [0, 0.05) is 20.1 Å². The molecule has 25 heavy (non-hydrogen) atoms. The monoisotopic (exact) mass is 380 g/mol. The van der Waals surface area contributed by atoms with Gasteiger partial charge in [-0.25, -0.2) is 0 Å². The third-order valence-corrected chi connectivity index (χ3v) is 5.27. The normalized spacial score (nSPS) is 15.0. The summed E-state index contributed by atoms with van der Waals surface area (Å²) >= 11 is 7.57. The standard InChI is InChI=1S/C17H21ClN4O2S/c1-11(16(23)21(2)3)25-17-20-19-15(22(17)12-8-9-12)10-24-14-7-5-4-6-13(14)18/h4-7,11-12H,8-10H2,1-3H3/t11-/m0/s1. The number of carbonyl (C=O) groups excluding carboxylic acids is 1. The minimum Gasteiger partial charge on any atom is -0.484 e. The lowest BCUT2D eigenvalue weighted by Gasteiger charge is -2.16. The maximum Gasteiger partial charge on any atom is 0.235 e. The number of thioether (sulfide) groups is 1. The average Bonchev–Trinajstić information content (AvgIpc) is 3.35. The Kier molecular flexibility index (Phi) is 5.54. The maximum absolute atomic E-state index is 12.1. The van der Waals surface area contributed by atoms with E-state index in [1.165, 1.54) is 11.8 Å². The number of ether oxygens (including phenoxy) is 1. The number of amides is 1. The second-order valence-electron chi connectivity index (χ2n) is 6.21. The van der Waals surface area contributed by atoms with E-state index in [1.54, 1.807) is 25.1 Å². The molecule has 1 aliphatic carbocycles. The molecule has 0 aliphatic heterocycles. The van der Waals surface area contributed by atoms with Crippen molar-refractivity contribution in [1.82, 2.24) is 19.7 Å². The van der Waals surface area contributed by atoms with Crippen molar-refractivity contribution in [1.29, 1.82) is 0 Å². The first-order valence-electron chi connectivity index (χ1n) is 8.16. The van der Waals surface area contributed by atoms with Gasteiger partial charge in [0.2, 0.25) is 5.91 Å². The number of rotatable bonds is 7. The van der Waals surface area contributed by atoms with Gasteiger partial charge < -0.3 is 9.64 Å². The van der Waals surface area contributed by atoms with Crippen LogP contribution in [0.3, 0.4) is 0 Å². The number of halogens is 1. The molecule has 0 N–H and O–H groups in total. The van der Waals surface area contributed by atoms with E-state index in [4.69, 9.17) is 16.3 Å². The summed E-state index contributed by atoms with van der Waals surface area (Å²) in [5.41, 5.74) is 0.